The Labute approximate surface area is 126 Å². The molecular formula is C16H24N4O. The number of nitrogens with one attached hydrogen (secondary N) is 1. The van der Waals surface area contributed by atoms with Crippen molar-refractivity contribution in [1.29, 1.82) is 0 Å². The van der Waals surface area contributed by atoms with Crippen LogP contribution in [0.5, 0.6) is 0 Å². The highest BCUT2D eigenvalue weighted by molar-refractivity contribution is 5.40. The monoisotopic (exact) mass is 288 g/mol. The van der Waals surface area contributed by atoms with Gasteiger partial charge in [-0.2, -0.15) is 5.10 Å². The zero-order chi connectivity index (χ0) is 14.1. The topological polar surface area (TPSA) is 50.3 Å². The molecule has 21 heavy (non-hydrogen) atoms. The van der Waals surface area contributed by atoms with Crippen molar-refractivity contribution in [1.82, 2.24) is 15.5 Å². The molecule has 4 rings (SSSR count). The lowest BCUT2D eigenvalue weighted by molar-refractivity contribution is -0.00905. The minimum absolute atomic E-state index is 0.394. The molecule has 0 aromatic carbocycles. The number of anilines is 1. The molecule has 1 aromatic heterocycles. The van der Waals surface area contributed by atoms with Gasteiger partial charge in [0, 0.05) is 19.1 Å². The van der Waals surface area contributed by atoms with Gasteiger partial charge >= 0.3 is 0 Å². The first-order valence-corrected chi connectivity index (χ1v) is 8.34. The van der Waals surface area contributed by atoms with Gasteiger partial charge in [-0.3, -0.25) is 0 Å². The van der Waals surface area contributed by atoms with Gasteiger partial charge in [-0.1, -0.05) is 12.8 Å². The first-order chi connectivity index (χ1) is 10.4. The molecular weight excluding hydrogens is 264 g/mol. The van der Waals surface area contributed by atoms with Crippen LogP contribution >= 0.6 is 0 Å². The number of aromatic nitrogens is 2. The molecule has 114 valence electrons. The van der Waals surface area contributed by atoms with E-state index in [1.54, 1.807) is 0 Å². The van der Waals surface area contributed by atoms with E-state index in [2.05, 4.69) is 32.5 Å². The number of morpholine rings is 1. The highest BCUT2D eigenvalue weighted by Crippen LogP contribution is 2.30. The molecule has 5 heteroatoms. The number of hydrogen-bond donors (Lipinski definition) is 1. The van der Waals surface area contributed by atoms with Gasteiger partial charge in [0.1, 0.15) is 0 Å². The Kier molecular flexibility index (Phi) is 3.78. The molecule has 0 amide bonds. The van der Waals surface area contributed by atoms with Gasteiger partial charge in [-0.05, 0) is 37.8 Å². The van der Waals surface area contributed by atoms with E-state index >= 15 is 0 Å². The normalized spacial score (nSPS) is 29.2. The zero-order valence-electron chi connectivity index (χ0n) is 12.5. The van der Waals surface area contributed by atoms with Gasteiger partial charge in [-0.15, -0.1) is 5.10 Å². The Morgan fingerprint density at radius 1 is 1.14 bits per heavy atom. The predicted octanol–water partition coefficient (Wildman–Crippen LogP) is 1.88. The lowest BCUT2D eigenvalue weighted by atomic mass is 9.90. The molecule has 2 unspecified atom stereocenters. The predicted molar refractivity (Wildman–Crippen MR) is 81.2 cm³/mol. The minimum atomic E-state index is 0.394. The second kappa shape index (κ2) is 5.89. The van der Waals surface area contributed by atoms with Crippen molar-refractivity contribution in [2.45, 2.75) is 63.3 Å². The summed E-state index contributed by atoms with van der Waals surface area (Å²) in [4.78, 5) is 2.42. The van der Waals surface area contributed by atoms with Crippen molar-refractivity contribution in [2.24, 2.45) is 0 Å². The van der Waals surface area contributed by atoms with Crippen molar-refractivity contribution in [3.63, 3.8) is 0 Å². The Morgan fingerprint density at radius 3 is 2.86 bits per heavy atom. The highest BCUT2D eigenvalue weighted by atomic mass is 16.5. The molecule has 2 heterocycles. The molecule has 1 aliphatic heterocycles. The average molecular weight is 288 g/mol. The van der Waals surface area contributed by atoms with Crippen molar-refractivity contribution in [2.75, 3.05) is 18.1 Å². The quantitative estimate of drug-likeness (QED) is 0.916. The van der Waals surface area contributed by atoms with Crippen LogP contribution in [0.3, 0.4) is 0 Å². The SMILES string of the molecule is c1cc(N2CCOC3CCCCC32)nnc1CNC1CC1. The summed E-state index contributed by atoms with van der Waals surface area (Å²) in [7, 11) is 0. The van der Waals surface area contributed by atoms with E-state index in [0.29, 0.717) is 18.2 Å². The maximum Gasteiger partial charge on any atom is 0.151 e. The first-order valence-electron chi connectivity index (χ1n) is 8.34. The van der Waals surface area contributed by atoms with Crippen LogP contribution < -0.4 is 10.2 Å². The third-order valence-corrected chi connectivity index (χ3v) is 4.88. The molecule has 3 aliphatic rings. The van der Waals surface area contributed by atoms with Gasteiger partial charge in [0.05, 0.1) is 24.4 Å². The summed E-state index contributed by atoms with van der Waals surface area (Å²) in [5.74, 6) is 1.02. The largest absolute Gasteiger partial charge is 0.374 e. The molecule has 5 nitrogen and oxygen atoms in total. The van der Waals surface area contributed by atoms with Crippen LogP contribution in [-0.2, 0) is 11.3 Å². The Hall–Kier alpha value is -1.20. The maximum absolute atomic E-state index is 5.93. The van der Waals surface area contributed by atoms with E-state index in [0.717, 1.165) is 31.2 Å². The van der Waals surface area contributed by atoms with Crippen molar-refractivity contribution in [3.05, 3.63) is 17.8 Å². The molecule has 1 aromatic rings. The number of hydrogen-bond acceptors (Lipinski definition) is 5. The summed E-state index contributed by atoms with van der Waals surface area (Å²) in [6.45, 7) is 2.59. The molecule has 0 spiro atoms. The lowest BCUT2D eigenvalue weighted by Gasteiger charge is -2.44. The van der Waals surface area contributed by atoms with Crippen LogP contribution in [0.2, 0.25) is 0 Å². The first kappa shape index (κ1) is 13.5. The van der Waals surface area contributed by atoms with Crippen LogP contribution in [-0.4, -0.2) is 41.5 Å². The van der Waals surface area contributed by atoms with Crippen molar-refractivity contribution < 1.29 is 4.74 Å². The van der Waals surface area contributed by atoms with E-state index in [4.69, 9.17) is 4.74 Å². The number of fused-ring (bicyclic) bond motifs is 1. The fourth-order valence-electron chi connectivity index (χ4n) is 3.52. The number of ether oxygens (including phenoxy) is 1. The van der Waals surface area contributed by atoms with Crippen LogP contribution in [0.4, 0.5) is 5.82 Å². The summed E-state index contributed by atoms with van der Waals surface area (Å²) in [6.07, 6.45) is 8.02. The molecule has 0 bridgehead atoms. The Morgan fingerprint density at radius 2 is 2.05 bits per heavy atom. The van der Waals surface area contributed by atoms with Gasteiger partial charge in [0.15, 0.2) is 5.82 Å². The summed E-state index contributed by atoms with van der Waals surface area (Å²) in [5.41, 5.74) is 1.04. The van der Waals surface area contributed by atoms with Gasteiger partial charge in [0.2, 0.25) is 0 Å². The van der Waals surface area contributed by atoms with E-state index < -0.39 is 0 Å². The van der Waals surface area contributed by atoms with Gasteiger partial charge in [0.25, 0.3) is 0 Å². The summed E-state index contributed by atoms with van der Waals surface area (Å²) in [5, 5.41) is 12.3. The van der Waals surface area contributed by atoms with Crippen LogP contribution in [0.25, 0.3) is 0 Å². The lowest BCUT2D eigenvalue weighted by Crippen LogP contribution is -2.53. The van der Waals surface area contributed by atoms with E-state index in [1.807, 2.05) is 0 Å². The van der Waals surface area contributed by atoms with E-state index in [-0.39, 0.29) is 0 Å². The van der Waals surface area contributed by atoms with Gasteiger partial charge in [-0.25, -0.2) is 0 Å². The van der Waals surface area contributed by atoms with Crippen LogP contribution in [0.15, 0.2) is 12.1 Å². The Balaban J connectivity index is 1.43. The van der Waals surface area contributed by atoms with Crippen LogP contribution in [0.1, 0.15) is 44.2 Å². The van der Waals surface area contributed by atoms with Gasteiger partial charge < -0.3 is 15.0 Å². The third-order valence-electron chi connectivity index (χ3n) is 4.88. The molecule has 0 radical (unpaired) electrons. The highest BCUT2D eigenvalue weighted by Gasteiger charge is 2.34. The zero-order valence-corrected chi connectivity index (χ0v) is 12.5. The van der Waals surface area contributed by atoms with E-state index in [9.17, 15) is 0 Å². The number of rotatable bonds is 4. The molecule has 2 saturated carbocycles. The summed E-state index contributed by atoms with van der Waals surface area (Å²) in [6, 6.07) is 5.46. The molecule has 3 fully saturated rings. The molecule has 1 N–H and O–H groups in total. The number of nitrogens with zero attached hydrogens (tertiary/aromatic N) is 3. The fourth-order valence-corrected chi connectivity index (χ4v) is 3.52. The Bertz CT molecular complexity index is 472. The summed E-state index contributed by atoms with van der Waals surface area (Å²) >= 11 is 0. The average Bonchev–Trinajstić information content (AvgIpc) is 3.37. The molecule has 1 saturated heterocycles. The van der Waals surface area contributed by atoms with Crippen molar-refractivity contribution in [3.8, 4) is 0 Å². The van der Waals surface area contributed by atoms with E-state index in [1.165, 1.54) is 38.5 Å². The second-order valence-corrected chi connectivity index (χ2v) is 6.49. The van der Waals surface area contributed by atoms with Crippen molar-refractivity contribution >= 4 is 5.82 Å². The molecule has 2 atom stereocenters. The standard InChI is InChI=1S/C16H24N4O/c1-2-4-15-14(3-1)20(9-10-21-15)16-8-7-13(18-19-16)11-17-12-5-6-12/h7-8,12,14-15,17H,1-6,9-11H2. The smallest absolute Gasteiger partial charge is 0.151 e. The maximum atomic E-state index is 5.93. The summed E-state index contributed by atoms with van der Waals surface area (Å²) < 4.78 is 5.93. The minimum Gasteiger partial charge on any atom is -0.374 e. The second-order valence-electron chi connectivity index (χ2n) is 6.49. The van der Waals surface area contributed by atoms with Crippen LogP contribution in [0, 0.1) is 0 Å². The third kappa shape index (κ3) is 3.04. The fraction of sp³-hybridized carbons (Fsp3) is 0.750. The molecule has 2 aliphatic carbocycles.